The van der Waals surface area contributed by atoms with Gasteiger partial charge >= 0.3 is 6.18 Å². The van der Waals surface area contributed by atoms with E-state index in [1.165, 1.54) is 0 Å². The number of carbonyl (C=O) groups excluding carboxylic acids is 1. The Morgan fingerprint density at radius 2 is 2.00 bits per heavy atom. The maximum Gasteiger partial charge on any atom is 0.416 e. The number of amides is 1. The van der Waals surface area contributed by atoms with Crippen molar-refractivity contribution in [1.82, 2.24) is 5.32 Å². The summed E-state index contributed by atoms with van der Waals surface area (Å²) in [7, 11) is 0. The predicted octanol–water partition coefficient (Wildman–Crippen LogP) is 2.25. The van der Waals surface area contributed by atoms with Gasteiger partial charge in [0.25, 0.3) is 5.91 Å². The Kier molecular flexibility index (Phi) is 4.82. The standard InChI is InChI=1S/C11H10F4N2OS/c12-8-2-1-6(11(13,14)15)5-7(8)10(18)17-4-3-9(16)19/h1-2,5H,3-4H2,(H2,16,19)(H,17,18). The van der Waals surface area contributed by atoms with Crippen molar-refractivity contribution < 1.29 is 22.4 Å². The topological polar surface area (TPSA) is 55.1 Å². The number of hydrogen-bond donors (Lipinski definition) is 2. The molecule has 3 nitrogen and oxygen atoms in total. The van der Waals surface area contributed by atoms with Crippen LogP contribution in [0.4, 0.5) is 17.6 Å². The van der Waals surface area contributed by atoms with Gasteiger partial charge in [-0.3, -0.25) is 4.79 Å². The van der Waals surface area contributed by atoms with Gasteiger partial charge in [0.15, 0.2) is 0 Å². The van der Waals surface area contributed by atoms with E-state index in [-0.39, 0.29) is 18.0 Å². The second kappa shape index (κ2) is 5.96. The summed E-state index contributed by atoms with van der Waals surface area (Å²) in [6.45, 7) is 0.0316. The SMILES string of the molecule is NC(=S)CCNC(=O)c1cc(C(F)(F)F)ccc1F. The lowest BCUT2D eigenvalue weighted by Crippen LogP contribution is -2.28. The summed E-state index contributed by atoms with van der Waals surface area (Å²) in [5, 5.41) is 2.24. The van der Waals surface area contributed by atoms with E-state index in [4.69, 9.17) is 5.73 Å². The van der Waals surface area contributed by atoms with Gasteiger partial charge in [0.05, 0.1) is 16.1 Å². The molecule has 0 aliphatic heterocycles. The van der Waals surface area contributed by atoms with Crippen molar-refractivity contribution in [3.05, 3.63) is 35.1 Å². The number of rotatable bonds is 4. The second-order valence-corrected chi connectivity index (χ2v) is 4.19. The van der Waals surface area contributed by atoms with E-state index in [0.717, 1.165) is 0 Å². The Morgan fingerprint density at radius 1 is 1.37 bits per heavy atom. The molecule has 3 N–H and O–H groups in total. The van der Waals surface area contributed by atoms with Gasteiger partial charge in [0, 0.05) is 13.0 Å². The summed E-state index contributed by atoms with van der Waals surface area (Å²) in [5.74, 6) is -1.97. The quantitative estimate of drug-likeness (QED) is 0.661. The fourth-order valence-corrected chi connectivity index (χ4v) is 1.37. The molecule has 1 aromatic rings. The Bertz CT molecular complexity index is 502. The summed E-state index contributed by atoms with van der Waals surface area (Å²) >= 11 is 4.56. The van der Waals surface area contributed by atoms with Crippen molar-refractivity contribution in [3.8, 4) is 0 Å². The van der Waals surface area contributed by atoms with Gasteiger partial charge in [-0.15, -0.1) is 0 Å². The van der Waals surface area contributed by atoms with E-state index in [0.29, 0.717) is 18.2 Å². The molecule has 0 spiro atoms. The minimum atomic E-state index is -4.64. The molecule has 1 amide bonds. The van der Waals surface area contributed by atoms with E-state index in [9.17, 15) is 22.4 Å². The molecule has 8 heteroatoms. The zero-order valence-electron chi connectivity index (χ0n) is 9.55. The van der Waals surface area contributed by atoms with Crippen LogP contribution >= 0.6 is 12.2 Å². The second-order valence-electron chi connectivity index (χ2n) is 3.66. The van der Waals surface area contributed by atoms with Gasteiger partial charge in [-0.05, 0) is 18.2 Å². The number of thiocarbonyl (C=S) groups is 1. The predicted molar refractivity (Wildman–Crippen MR) is 65.1 cm³/mol. The molecule has 0 aliphatic carbocycles. The summed E-state index contributed by atoms with van der Waals surface area (Å²) in [6, 6.07) is 1.64. The number of carbonyl (C=O) groups is 1. The highest BCUT2D eigenvalue weighted by molar-refractivity contribution is 7.80. The Morgan fingerprint density at radius 3 is 2.53 bits per heavy atom. The van der Waals surface area contributed by atoms with Gasteiger partial charge in [-0.25, -0.2) is 4.39 Å². The molecule has 0 radical (unpaired) electrons. The molecule has 0 aromatic heterocycles. The van der Waals surface area contributed by atoms with E-state index in [2.05, 4.69) is 17.5 Å². The highest BCUT2D eigenvalue weighted by atomic mass is 32.1. The molecule has 0 aliphatic rings. The average molecular weight is 294 g/mol. The van der Waals surface area contributed by atoms with Gasteiger partial charge in [-0.2, -0.15) is 13.2 Å². The first-order chi connectivity index (χ1) is 8.71. The molecule has 0 saturated carbocycles. The van der Waals surface area contributed by atoms with Crippen LogP contribution in [0, 0.1) is 5.82 Å². The van der Waals surface area contributed by atoms with Crippen LogP contribution in [0.5, 0.6) is 0 Å². The number of benzene rings is 1. The highest BCUT2D eigenvalue weighted by Gasteiger charge is 2.31. The van der Waals surface area contributed by atoms with E-state index < -0.39 is 29.0 Å². The maximum atomic E-state index is 13.3. The van der Waals surface area contributed by atoms with Crippen LogP contribution in [0.2, 0.25) is 0 Å². The van der Waals surface area contributed by atoms with E-state index in [1.54, 1.807) is 0 Å². The molecule has 0 fully saturated rings. The molecule has 1 aromatic carbocycles. The van der Waals surface area contributed by atoms with Gasteiger partial charge in [0.2, 0.25) is 0 Å². The third kappa shape index (κ3) is 4.47. The van der Waals surface area contributed by atoms with Crippen molar-refractivity contribution in [2.24, 2.45) is 5.73 Å². The lowest BCUT2D eigenvalue weighted by molar-refractivity contribution is -0.137. The summed E-state index contributed by atoms with van der Waals surface area (Å²) in [4.78, 5) is 11.7. The molecular formula is C11H10F4N2OS. The van der Waals surface area contributed by atoms with E-state index >= 15 is 0 Å². The third-order valence-electron chi connectivity index (χ3n) is 2.20. The van der Waals surface area contributed by atoms with E-state index in [1.807, 2.05) is 0 Å². The van der Waals surface area contributed by atoms with Crippen molar-refractivity contribution >= 4 is 23.1 Å². The Balaban J connectivity index is 2.87. The fourth-order valence-electron chi connectivity index (χ4n) is 1.27. The van der Waals surface area contributed by atoms with Gasteiger partial charge in [-0.1, -0.05) is 12.2 Å². The van der Waals surface area contributed by atoms with Crippen molar-refractivity contribution in [2.75, 3.05) is 6.54 Å². The van der Waals surface area contributed by atoms with Crippen LogP contribution in [-0.4, -0.2) is 17.4 Å². The molecule has 104 valence electrons. The third-order valence-corrected chi connectivity index (χ3v) is 2.40. The lowest BCUT2D eigenvalue weighted by Gasteiger charge is -2.10. The van der Waals surface area contributed by atoms with Crippen LogP contribution in [0.3, 0.4) is 0 Å². The molecule has 1 rings (SSSR count). The largest absolute Gasteiger partial charge is 0.416 e. The summed E-state index contributed by atoms with van der Waals surface area (Å²) in [6.07, 6.45) is -4.46. The first kappa shape index (κ1) is 15.4. The summed E-state index contributed by atoms with van der Waals surface area (Å²) < 4.78 is 50.6. The maximum absolute atomic E-state index is 13.3. The van der Waals surface area contributed by atoms with Crippen LogP contribution in [0.25, 0.3) is 0 Å². The van der Waals surface area contributed by atoms with Crippen molar-refractivity contribution in [1.29, 1.82) is 0 Å². The number of halogens is 4. The smallest absolute Gasteiger partial charge is 0.393 e. The first-order valence-electron chi connectivity index (χ1n) is 5.15. The summed E-state index contributed by atoms with van der Waals surface area (Å²) in [5.41, 5.74) is 3.43. The molecule has 19 heavy (non-hydrogen) atoms. The van der Waals surface area contributed by atoms with Crippen molar-refractivity contribution in [3.63, 3.8) is 0 Å². The molecule has 0 bridgehead atoms. The number of alkyl halides is 3. The van der Waals surface area contributed by atoms with Gasteiger partial charge < -0.3 is 11.1 Å². The monoisotopic (exact) mass is 294 g/mol. The molecule has 0 heterocycles. The molecular weight excluding hydrogens is 284 g/mol. The van der Waals surface area contributed by atoms with Crippen LogP contribution < -0.4 is 11.1 Å². The molecule has 0 atom stereocenters. The highest BCUT2D eigenvalue weighted by Crippen LogP contribution is 2.30. The Hall–Kier alpha value is -1.70. The van der Waals surface area contributed by atoms with Crippen LogP contribution in [0.15, 0.2) is 18.2 Å². The molecule has 0 unspecified atom stereocenters. The number of nitrogens with two attached hydrogens (primary N) is 1. The van der Waals surface area contributed by atoms with Crippen molar-refractivity contribution in [2.45, 2.75) is 12.6 Å². The minimum absolute atomic E-state index is 0.0316. The lowest BCUT2D eigenvalue weighted by atomic mass is 10.1. The van der Waals surface area contributed by atoms with Crippen LogP contribution in [0.1, 0.15) is 22.3 Å². The zero-order valence-corrected chi connectivity index (χ0v) is 10.4. The zero-order chi connectivity index (χ0) is 14.6. The average Bonchev–Trinajstić information content (AvgIpc) is 2.27. The number of nitrogens with one attached hydrogen (secondary N) is 1. The number of hydrogen-bond acceptors (Lipinski definition) is 2. The first-order valence-corrected chi connectivity index (χ1v) is 5.56. The Labute approximate surface area is 111 Å². The van der Waals surface area contributed by atoms with Gasteiger partial charge in [0.1, 0.15) is 5.82 Å². The molecule has 0 saturated heterocycles. The van der Waals surface area contributed by atoms with Crippen LogP contribution in [-0.2, 0) is 6.18 Å². The normalized spacial score (nSPS) is 11.2. The fraction of sp³-hybridized carbons (Fsp3) is 0.273. The minimum Gasteiger partial charge on any atom is -0.393 e.